The third-order valence-corrected chi connectivity index (χ3v) is 8.23. The minimum absolute atomic E-state index is 0.0834. The summed E-state index contributed by atoms with van der Waals surface area (Å²) in [6.45, 7) is 0. The van der Waals surface area contributed by atoms with Crippen LogP contribution in [-0.2, 0) is 11.2 Å². The van der Waals surface area contributed by atoms with E-state index in [0.717, 1.165) is 57.5 Å². The van der Waals surface area contributed by atoms with Crippen LogP contribution in [0.1, 0.15) is 51.5 Å². The highest BCUT2D eigenvalue weighted by Crippen LogP contribution is 2.44. The molecule has 1 fully saturated rings. The topological polar surface area (TPSA) is 81.4 Å². The van der Waals surface area contributed by atoms with E-state index in [1.807, 2.05) is 72.8 Å². The second-order valence-electron chi connectivity index (χ2n) is 9.43. The molecule has 1 heterocycles. The first-order valence-corrected chi connectivity index (χ1v) is 12.8. The van der Waals surface area contributed by atoms with Crippen molar-refractivity contribution in [2.75, 3.05) is 0 Å². The van der Waals surface area contributed by atoms with Crippen LogP contribution in [0, 0.1) is 0 Å². The van der Waals surface area contributed by atoms with Crippen molar-refractivity contribution >= 4 is 33.1 Å². The van der Waals surface area contributed by atoms with Gasteiger partial charge in [-0.3, -0.25) is 9.59 Å². The van der Waals surface area contributed by atoms with Crippen LogP contribution in [0.2, 0.25) is 0 Å². The molecule has 6 rings (SSSR count). The van der Waals surface area contributed by atoms with Gasteiger partial charge in [0, 0.05) is 28.6 Å². The van der Waals surface area contributed by atoms with E-state index < -0.39 is 0 Å². The number of Topliss-reactive ketones (excluding diaryl/α,β-unsaturated/α-hetero) is 1. The van der Waals surface area contributed by atoms with Crippen molar-refractivity contribution in [1.82, 2.24) is 5.32 Å². The van der Waals surface area contributed by atoms with Crippen molar-refractivity contribution in [1.29, 1.82) is 0 Å². The van der Waals surface area contributed by atoms with Crippen molar-refractivity contribution in [3.8, 4) is 11.5 Å². The molecular formula is C29H26N2O3S. The number of carbonyl (C=O) groups is 2. The molecule has 6 heteroatoms. The van der Waals surface area contributed by atoms with Gasteiger partial charge in [-0.25, -0.2) is 0 Å². The second-order valence-corrected chi connectivity index (χ2v) is 10.5. The lowest BCUT2D eigenvalue weighted by atomic mass is 9.78. The Kier molecular flexibility index (Phi) is 5.63. The van der Waals surface area contributed by atoms with Crippen LogP contribution >= 0.6 is 11.3 Å². The Morgan fingerprint density at radius 3 is 2.46 bits per heavy atom. The van der Waals surface area contributed by atoms with Gasteiger partial charge < -0.3 is 15.8 Å². The number of thiophene rings is 1. The number of nitrogens with one attached hydrogen (secondary N) is 1. The molecule has 0 spiro atoms. The van der Waals surface area contributed by atoms with Crippen molar-refractivity contribution in [2.24, 2.45) is 5.73 Å². The Hall–Kier alpha value is -3.48. The van der Waals surface area contributed by atoms with E-state index in [-0.39, 0.29) is 36.1 Å². The lowest BCUT2D eigenvalue weighted by Crippen LogP contribution is -2.34. The molecule has 2 aliphatic rings. The summed E-state index contributed by atoms with van der Waals surface area (Å²) in [6.07, 6.45) is 2.91. The van der Waals surface area contributed by atoms with E-state index in [0.29, 0.717) is 4.88 Å². The molecule has 3 aromatic carbocycles. The van der Waals surface area contributed by atoms with Gasteiger partial charge >= 0.3 is 0 Å². The summed E-state index contributed by atoms with van der Waals surface area (Å²) < 4.78 is 6.97. The van der Waals surface area contributed by atoms with Crippen molar-refractivity contribution in [3.05, 3.63) is 94.4 Å². The molecule has 3 N–H and O–H groups in total. The van der Waals surface area contributed by atoms with E-state index in [2.05, 4.69) is 5.32 Å². The predicted molar refractivity (Wildman–Crippen MR) is 138 cm³/mol. The van der Waals surface area contributed by atoms with Gasteiger partial charge in [-0.2, -0.15) is 0 Å². The number of rotatable bonds is 5. The lowest BCUT2D eigenvalue weighted by Gasteiger charge is -2.24. The molecule has 5 nitrogen and oxygen atoms in total. The fraction of sp³-hybridized carbons (Fsp3) is 0.241. The number of carbonyl (C=O) groups excluding carboxylic acids is 2. The van der Waals surface area contributed by atoms with Crippen LogP contribution in [0.15, 0.2) is 72.8 Å². The third kappa shape index (κ3) is 4.13. The van der Waals surface area contributed by atoms with Gasteiger partial charge in [0.15, 0.2) is 0 Å². The third-order valence-electron chi connectivity index (χ3n) is 7.04. The average Bonchev–Trinajstić information content (AvgIpc) is 3.44. The quantitative estimate of drug-likeness (QED) is 0.390. The Balaban J connectivity index is 1.31. The molecule has 1 amide bonds. The molecule has 3 atom stereocenters. The van der Waals surface area contributed by atoms with Gasteiger partial charge in [-0.15, -0.1) is 11.3 Å². The lowest BCUT2D eigenvalue weighted by molar-refractivity contribution is -0.119. The highest BCUT2D eigenvalue weighted by molar-refractivity contribution is 7.21. The zero-order valence-corrected chi connectivity index (χ0v) is 20.0. The molecule has 0 aliphatic heterocycles. The highest BCUT2D eigenvalue weighted by Gasteiger charge is 2.35. The summed E-state index contributed by atoms with van der Waals surface area (Å²) in [5, 5.41) is 4.21. The molecule has 1 aromatic heterocycles. The van der Waals surface area contributed by atoms with Crippen molar-refractivity contribution in [3.63, 3.8) is 0 Å². The van der Waals surface area contributed by atoms with E-state index >= 15 is 0 Å². The van der Waals surface area contributed by atoms with Gasteiger partial charge in [0.05, 0.1) is 10.8 Å². The molecule has 1 saturated carbocycles. The maximum absolute atomic E-state index is 13.5. The molecule has 176 valence electrons. The molecule has 0 bridgehead atoms. The highest BCUT2D eigenvalue weighted by atomic mass is 32.1. The Morgan fingerprint density at radius 1 is 0.943 bits per heavy atom. The number of ether oxygens (including phenoxy) is 1. The number of benzene rings is 3. The number of hydrogen-bond donors (Lipinski definition) is 2. The predicted octanol–water partition coefficient (Wildman–Crippen LogP) is 5.56. The molecule has 0 radical (unpaired) electrons. The van der Waals surface area contributed by atoms with Crippen LogP contribution < -0.4 is 15.8 Å². The summed E-state index contributed by atoms with van der Waals surface area (Å²) in [5.41, 5.74) is 8.80. The van der Waals surface area contributed by atoms with Crippen LogP contribution in [0.25, 0.3) is 10.1 Å². The van der Waals surface area contributed by atoms with Crippen LogP contribution in [-0.4, -0.2) is 23.8 Å². The summed E-state index contributed by atoms with van der Waals surface area (Å²) in [5.74, 6) is 1.17. The fourth-order valence-corrected chi connectivity index (χ4v) is 6.56. The molecule has 35 heavy (non-hydrogen) atoms. The smallest absolute Gasteiger partial charge is 0.261 e. The maximum atomic E-state index is 13.5. The van der Waals surface area contributed by atoms with Crippen molar-refractivity contribution in [2.45, 2.75) is 43.7 Å². The van der Waals surface area contributed by atoms with Crippen LogP contribution in [0.5, 0.6) is 11.5 Å². The minimum Gasteiger partial charge on any atom is -0.457 e. The fourth-order valence-electron chi connectivity index (χ4n) is 5.40. The molecular weight excluding hydrogens is 456 g/mol. The molecule has 2 unspecified atom stereocenters. The van der Waals surface area contributed by atoms with Gasteiger partial charge in [0.2, 0.25) is 0 Å². The molecule has 0 saturated heterocycles. The number of ketones is 1. The Bertz CT molecular complexity index is 1410. The molecule has 4 aromatic rings. The number of para-hydroxylation sites is 1. The number of hydrogen-bond acceptors (Lipinski definition) is 5. The summed E-state index contributed by atoms with van der Waals surface area (Å²) in [6, 6.07) is 23.7. The second kappa shape index (κ2) is 8.95. The summed E-state index contributed by atoms with van der Waals surface area (Å²) in [7, 11) is 0. The van der Waals surface area contributed by atoms with Gasteiger partial charge in [0.1, 0.15) is 17.3 Å². The first-order valence-electron chi connectivity index (χ1n) is 12.0. The zero-order valence-electron chi connectivity index (χ0n) is 19.2. The molecule has 2 aliphatic carbocycles. The monoisotopic (exact) mass is 482 g/mol. The Morgan fingerprint density at radius 2 is 1.71 bits per heavy atom. The van der Waals surface area contributed by atoms with Crippen molar-refractivity contribution < 1.29 is 14.3 Å². The standard InChI is InChI=1S/C29H26N2O3S/c30-18-11-12-19(15-18)31-29(33)28-23-16-24(32)26(22-7-4-8-25(35-28)27(22)23)17-9-13-21(14-10-17)34-20-5-2-1-3-6-20/h1-10,13-14,18-19,26H,11-12,15-16,30H2,(H,31,33)/t18-,19?,26?/m1/s1. The van der Waals surface area contributed by atoms with Gasteiger partial charge in [-0.1, -0.05) is 42.5 Å². The zero-order chi connectivity index (χ0) is 23.9. The van der Waals surface area contributed by atoms with E-state index in [9.17, 15) is 9.59 Å². The number of amides is 1. The Labute approximate surface area is 207 Å². The summed E-state index contributed by atoms with van der Waals surface area (Å²) in [4.78, 5) is 27.3. The van der Waals surface area contributed by atoms with E-state index in [1.54, 1.807) is 0 Å². The normalized spacial score (nSPS) is 21.3. The van der Waals surface area contributed by atoms with E-state index in [4.69, 9.17) is 10.5 Å². The van der Waals surface area contributed by atoms with Crippen LogP contribution in [0.3, 0.4) is 0 Å². The largest absolute Gasteiger partial charge is 0.457 e. The maximum Gasteiger partial charge on any atom is 0.261 e. The van der Waals surface area contributed by atoms with E-state index in [1.165, 1.54) is 11.3 Å². The SMILES string of the molecule is N[C@@H]1CCC(NC(=O)c2sc3cccc4c3c2CC(=O)C4c2ccc(Oc3ccccc3)cc2)C1. The average molecular weight is 483 g/mol. The van der Waals surface area contributed by atoms with Crippen LogP contribution in [0.4, 0.5) is 0 Å². The first-order chi connectivity index (χ1) is 17.1. The first kappa shape index (κ1) is 22.0. The summed E-state index contributed by atoms with van der Waals surface area (Å²) >= 11 is 1.48. The number of nitrogens with two attached hydrogens (primary N) is 1. The van der Waals surface area contributed by atoms with Gasteiger partial charge in [-0.05, 0) is 66.3 Å². The van der Waals surface area contributed by atoms with Gasteiger partial charge in [0.25, 0.3) is 5.91 Å². The minimum atomic E-state index is -0.352.